The number of nitrogens with zero attached hydrogens (tertiary/aromatic N) is 1. The average Bonchev–Trinajstić information content (AvgIpc) is 3.14. The van der Waals surface area contributed by atoms with Gasteiger partial charge in [0.2, 0.25) is 0 Å². The van der Waals surface area contributed by atoms with Gasteiger partial charge >= 0.3 is 0 Å². The molecule has 1 aliphatic carbocycles. The van der Waals surface area contributed by atoms with Crippen molar-refractivity contribution in [2.24, 2.45) is 5.73 Å². The number of amides is 1. The first-order valence-corrected chi connectivity index (χ1v) is 9.08. The highest BCUT2D eigenvalue weighted by Gasteiger charge is 2.27. The summed E-state index contributed by atoms with van der Waals surface area (Å²) in [5, 5.41) is 0. The van der Waals surface area contributed by atoms with Gasteiger partial charge in [0.15, 0.2) is 11.5 Å². The van der Waals surface area contributed by atoms with Crippen LogP contribution in [0, 0.1) is 0 Å². The summed E-state index contributed by atoms with van der Waals surface area (Å²) in [6, 6.07) is 5.66. The molecule has 2 N–H and O–H groups in total. The molecule has 1 aromatic carbocycles. The van der Waals surface area contributed by atoms with Crippen LogP contribution < -0.4 is 15.2 Å². The fourth-order valence-corrected chi connectivity index (χ4v) is 3.76. The number of likely N-dealkylation sites (tertiary alicyclic amines) is 1. The van der Waals surface area contributed by atoms with Crippen molar-refractivity contribution in [3.63, 3.8) is 0 Å². The smallest absolute Gasteiger partial charge is 0.254 e. The summed E-state index contributed by atoms with van der Waals surface area (Å²) in [6.45, 7) is 1.30. The molecule has 2 fully saturated rings. The van der Waals surface area contributed by atoms with E-state index in [9.17, 15) is 4.79 Å². The van der Waals surface area contributed by atoms with E-state index in [2.05, 4.69) is 0 Å². The maximum Gasteiger partial charge on any atom is 0.254 e. The van der Waals surface area contributed by atoms with Gasteiger partial charge in [-0.2, -0.15) is 0 Å². The van der Waals surface area contributed by atoms with Gasteiger partial charge in [0.1, 0.15) is 0 Å². The third-order valence-electron chi connectivity index (χ3n) is 5.17. The molecule has 0 unspecified atom stereocenters. The van der Waals surface area contributed by atoms with Crippen LogP contribution in [-0.4, -0.2) is 43.2 Å². The molecule has 2 aliphatic rings. The van der Waals surface area contributed by atoms with Gasteiger partial charge in [-0.15, -0.1) is 0 Å². The Balaban J connectivity index is 1.76. The molecule has 0 bridgehead atoms. The summed E-state index contributed by atoms with van der Waals surface area (Å²) in [6.07, 6.45) is 8.07. The third-order valence-corrected chi connectivity index (χ3v) is 5.17. The first kappa shape index (κ1) is 17.1. The summed E-state index contributed by atoms with van der Waals surface area (Å²) >= 11 is 0. The molecular weight excluding hydrogens is 304 g/mol. The van der Waals surface area contributed by atoms with Crippen LogP contribution in [-0.2, 0) is 0 Å². The Morgan fingerprint density at radius 1 is 1.17 bits per heavy atom. The summed E-state index contributed by atoms with van der Waals surface area (Å²) in [5.74, 6) is 1.40. The second-order valence-electron chi connectivity index (χ2n) is 6.77. The van der Waals surface area contributed by atoms with E-state index in [4.69, 9.17) is 15.2 Å². The Hall–Kier alpha value is -1.75. The van der Waals surface area contributed by atoms with Crippen LogP contribution in [0.15, 0.2) is 18.2 Å². The highest BCUT2D eigenvalue weighted by molar-refractivity contribution is 5.95. The van der Waals surface area contributed by atoms with Crippen LogP contribution in [0.3, 0.4) is 0 Å². The predicted molar refractivity (Wildman–Crippen MR) is 93.6 cm³/mol. The predicted octanol–water partition coefficient (Wildman–Crippen LogP) is 2.97. The molecule has 132 valence electrons. The van der Waals surface area contributed by atoms with E-state index in [0.717, 1.165) is 44.4 Å². The Bertz CT molecular complexity index is 570. The van der Waals surface area contributed by atoms with Crippen molar-refractivity contribution in [2.75, 3.05) is 20.2 Å². The van der Waals surface area contributed by atoms with Crippen molar-refractivity contribution in [2.45, 2.75) is 57.1 Å². The number of nitrogens with two attached hydrogens (primary N) is 1. The lowest BCUT2D eigenvalue weighted by molar-refractivity contribution is 0.0623. The molecule has 0 aromatic heterocycles. The average molecular weight is 332 g/mol. The highest BCUT2D eigenvalue weighted by atomic mass is 16.5. The molecule has 5 nitrogen and oxygen atoms in total. The monoisotopic (exact) mass is 332 g/mol. The standard InChI is InChI=1S/C19H28N2O3/c1-23-18-12-14(9-10-17(18)24-16-7-2-3-8-16)19(22)21-11-5-4-6-15(21)13-20/h9-10,12,15-16H,2-8,11,13,20H2,1H3/t15-/m0/s1. The highest BCUT2D eigenvalue weighted by Crippen LogP contribution is 2.33. The van der Waals surface area contributed by atoms with Gasteiger partial charge in [0.05, 0.1) is 13.2 Å². The summed E-state index contributed by atoms with van der Waals surface area (Å²) < 4.78 is 11.5. The van der Waals surface area contributed by atoms with E-state index in [0.29, 0.717) is 17.9 Å². The molecule has 1 saturated carbocycles. The number of methoxy groups -OCH3 is 1. The van der Waals surface area contributed by atoms with Crippen molar-refractivity contribution >= 4 is 5.91 Å². The zero-order chi connectivity index (χ0) is 16.9. The molecule has 1 atom stereocenters. The van der Waals surface area contributed by atoms with Crippen molar-refractivity contribution in [1.82, 2.24) is 4.90 Å². The van der Waals surface area contributed by atoms with Crippen LogP contribution in [0.2, 0.25) is 0 Å². The van der Waals surface area contributed by atoms with Gasteiger partial charge in [-0.1, -0.05) is 0 Å². The number of carbonyl (C=O) groups excluding carboxylic acids is 1. The van der Waals surface area contributed by atoms with Gasteiger partial charge in [0, 0.05) is 24.7 Å². The fourth-order valence-electron chi connectivity index (χ4n) is 3.76. The summed E-state index contributed by atoms with van der Waals surface area (Å²) in [5.41, 5.74) is 6.49. The minimum Gasteiger partial charge on any atom is -0.493 e. The first-order chi connectivity index (χ1) is 11.7. The van der Waals surface area contributed by atoms with E-state index in [1.165, 1.54) is 12.8 Å². The zero-order valence-electron chi connectivity index (χ0n) is 14.5. The SMILES string of the molecule is COc1cc(C(=O)N2CCCC[C@H]2CN)ccc1OC1CCCC1. The third kappa shape index (κ3) is 3.66. The van der Waals surface area contributed by atoms with Crippen molar-refractivity contribution < 1.29 is 14.3 Å². The largest absolute Gasteiger partial charge is 0.493 e. The van der Waals surface area contributed by atoms with Crippen LogP contribution in [0.1, 0.15) is 55.3 Å². The van der Waals surface area contributed by atoms with Crippen LogP contribution in [0.25, 0.3) is 0 Å². The number of carbonyl (C=O) groups is 1. The molecular formula is C19H28N2O3. The van der Waals surface area contributed by atoms with Crippen LogP contribution >= 0.6 is 0 Å². The molecule has 0 radical (unpaired) electrons. The lowest BCUT2D eigenvalue weighted by atomic mass is 10.0. The molecule has 1 aromatic rings. The van der Waals surface area contributed by atoms with E-state index < -0.39 is 0 Å². The fraction of sp³-hybridized carbons (Fsp3) is 0.632. The van der Waals surface area contributed by atoms with Gasteiger partial charge in [0.25, 0.3) is 5.91 Å². The molecule has 24 heavy (non-hydrogen) atoms. The maximum atomic E-state index is 12.9. The minimum atomic E-state index is 0.0378. The number of piperidine rings is 1. The molecule has 1 saturated heterocycles. The quantitative estimate of drug-likeness (QED) is 0.900. The normalized spacial score (nSPS) is 21.8. The van der Waals surface area contributed by atoms with Gasteiger partial charge in [-0.3, -0.25) is 4.79 Å². The number of benzene rings is 1. The van der Waals surface area contributed by atoms with Crippen LogP contribution in [0.5, 0.6) is 11.5 Å². The molecule has 1 heterocycles. The lowest BCUT2D eigenvalue weighted by Crippen LogP contribution is -2.47. The number of hydrogen-bond acceptors (Lipinski definition) is 4. The summed E-state index contributed by atoms with van der Waals surface area (Å²) in [4.78, 5) is 14.8. The Kier molecular flexibility index (Phi) is 5.61. The van der Waals surface area contributed by atoms with Gasteiger partial charge < -0.3 is 20.1 Å². The van der Waals surface area contributed by atoms with Crippen molar-refractivity contribution in [3.8, 4) is 11.5 Å². The zero-order valence-corrected chi connectivity index (χ0v) is 14.5. The first-order valence-electron chi connectivity index (χ1n) is 9.08. The second-order valence-corrected chi connectivity index (χ2v) is 6.77. The number of ether oxygens (including phenoxy) is 2. The topological polar surface area (TPSA) is 64.8 Å². The Labute approximate surface area is 144 Å². The van der Waals surface area contributed by atoms with Crippen molar-refractivity contribution in [1.29, 1.82) is 0 Å². The van der Waals surface area contributed by atoms with Crippen molar-refractivity contribution in [3.05, 3.63) is 23.8 Å². The van der Waals surface area contributed by atoms with E-state index in [1.807, 2.05) is 17.0 Å². The van der Waals surface area contributed by atoms with E-state index in [-0.39, 0.29) is 18.1 Å². The Morgan fingerprint density at radius 2 is 1.92 bits per heavy atom. The maximum absolute atomic E-state index is 12.9. The molecule has 1 aliphatic heterocycles. The number of hydrogen-bond donors (Lipinski definition) is 1. The minimum absolute atomic E-state index is 0.0378. The molecule has 5 heteroatoms. The lowest BCUT2D eigenvalue weighted by Gasteiger charge is -2.35. The molecule has 3 rings (SSSR count). The Morgan fingerprint density at radius 3 is 2.62 bits per heavy atom. The van der Waals surface area contributed by atoms with Gasteiger partial charge in [-0.05, 0) is 63.1 Å². The van der Waals surface area contributed by atoms with Gasteiger partial charge in [-0.25, -0.2) is 0 Å². The summed E-state index contributed by atoms with van der Waals surface area (Å²) in [7, 11) is 1.62. The molecule has 0 spiro atoms. The second kappa shape index (κ2) is 7.88. The van der Waals surface area contributed by atoms with Crippen LogP contribution in [0.4, 0.5) is 0 Å². The molecule has 1 amide bonds. The number of rotatable bonds is 5. The van der Waals surface area contributed by atoms with E-state index in [1.54, 1.807) is 13.2 Å². The van der Waals surface area contributed by atoms with E-state index >= 15 is 0 Å².